The van der Waals surface area contributed by atoms with E-state index in [4.69, 9.17) is 16.3 Å². The summed E-state index contributed by atoms with van der Waals surface area (Å²) in [6, 6.07) is 0. The highest BCUT2D eigenvalue weighted by molar-refractivity contribution is 6.99. The molecule has 1 aromatic rings. The van der Waals surface area contributed by atoms with Crippen LogP contribution in [-0.4, -0.2) is 15.4 Å². The molecule has 0 saturated heterocycles. The molecule has 1 fully saturated rings. The molecular formula is C7H9ClN2OS. The van der Waals surface area contributed by atoms with Gasteiger partial charge in [-0.1, -0.05) is 24.4 Å². The van der Waals surface area contributed by atoms with Crippen molar-refractivity contribution in [3.63, 3.8) is 0 Å². The van der Waals surface area contributed by atoms with E-state index in [0.717, 1.165) is 30.7 Å². The van der Waals surface area contributed by atoms with Crippen molar-refractivity contribution in [2.24, 2.45) is 5.92 Å². The summed E-state index contributed by atoms with van der Waals surface area (Å²) in [6.07, 6.45) is 3.83. The number of rotatable bonds is 4. The first kappa shape index (κ1) is 8.26. The maximum Gasteiger partial charge on any atom is 0.265 e. The number of aromatic nitrogens is 2. The van der Waals surface area contributed by atoms with E-state index in [1.165, 1.54) is 12.8 Å². The van der Waals surface area contributed by atoms with Gasteiger partial charge in [0.25, 0.3) is 5.88 Å². The van der Waals surface area contributed by atoms with Gasteiger partial charge in [0.2, 0.25) is 5.15 Å². The van der Waals surface area contributed by atoms with Gasteiger partial charge in [-0.25, -0.2) is 0 Å². The zero-order valence-electron chi connectivity index (χ0n) is 6.49. The molecule has 0 aliphatic heterocycles. The second-order valence-electron chi connectivity index (χ2n) is 2.94. The first-order valence-corrected chi connectivity index (χ1v) is 5.08. The van der Waals surface area contributed by atoms with E-state index in [1.54, 1.807) is 0 Å². The van der Waals surface area contributed by atoms with Crippen LogP contribution in [-0.2, 0) is 0 Å². The summed E-state index contributed by atoms with van der Waals surface area (Å²) >= 11 is 6.77. The predicted molar refractivity (Wildman–Crippen MR) is 47.8 cm³/mol. The molecule has 1 saturated carbocycles. The van der Waals surface area contributed by atoms with E-state index < -0.39 is 0 Å². The molecule has 0 bridgehead atoms. The Hall–Kier alpha value is -0.350. The van der Waals surface area contributed by atoms with Crippen LogP contribution >= 0.6 is 23.3 Å². The fourth-order valence-electron chi connectivity index (χ4n) is 0.985. The Morgan fingerprint density at radius 1 is 1.50 bits per heavy atom. The van der Waals surface area contributed by atoms with Gasteiger partial charge in [0, 0.05) is 0 Å². The molecule has 1 aliphatic rings. The van der Waals surface area contributed by atoms with Crippen molar-refractivity contribution in [1.29, 1.82) is 0 Å². The standard InChI is InChI=1S/C7H9ClN2OS/c8-6-7(10-12-9-6)11-4-3-5-1-2-5/h5H,1-4H2. The summed E-state index contributed by atoms with van der Waals surface area (Å²) in [4.78, 5) is 0. The fourth-order valence-corrected chi connectivity index (χ4v) is 1.63. The Morgan fingerprint density at radius 3 is 2.92 bits per heavy atom. The molecule has 0 atom stereocenters. The zero-order valence-corrected chi connectivity index (χ0v) is 8.07. The third kappa shape index (κ3) is 2.08. The molecule has 1 heterocycles. The molecule has 3 nitrogen and oxygen atoms in total. The Labute approximate surface area is 80.0 Å². The third-order valence-electron chi connectivity index (χ3n) is 1.88. The normalized spacial score (nSPS) is 16.4. The Morgan fingerprint density at radius 2 is 2.33 bits per heavy atom. The summed E-state index contributed by atoms with van der Waals surface area (Å²) in [6.45, 7) is 0.718. The summed E-state index contributed by atoms with van der Waals surface area (Å²) in [7, 11) is 0. The van der Waals surface area contributed by atoms with Crippen molar-refractivity contribution in [1.82, 2.24) is 8.75 Å². The van der Waals surface area contributed by atoms with Crippen molar-refractivity contribution in [3.05, 3.63) is 5.15 Å². The second-order valence-corrected chi connectivity index (χ2v) is 3.83. The molecule has 1 aromatic heterocycles. The lowest BCUT2D eigenvalue weighted by molar-refractivity contribution is 0.294. The first-order valence-electron chi connectivity index (χ1n) is 3.97. The van der Waals surface area contributed by atoms with E-state index in [-0.39, 0.29) is 0 Å². The lowest BCUT2D eigenvalue weighted by Gasteiger charge is -1.99. The molecule has 0 aromatic carbocycles. The molecule has 5 heteroatoms. The number of hydrogen-bond donors (Lipinski definition) is 0. The van der Waals surface area contributed by atoms with E-state index in [9.17, 15) is 0 Å². The maximum atomic E-state index is 5.68. The van der Waals surface area contributed by atoms with Crippen molar-refractivity contribution < 1.29 is 4.74 Å². The largest absolute Gasteiger partial charge is 0.475 e. The minimum Gasteiger partial charge on any atom is -0.475 e. The van der Waals surface area contributed by atoms with Gasteiger partial charge in [0.05, 0.1) is 18.3 Å². The molecule has 0 unspecified atom stereocenters. The van der Waals surface area contributed by atoms with E-state index in [2.05, 4.69) is 8.75 Å². The van der Waals surface area contributed by atoms with Crippen molar-refractivity contribution >= 4 is 23.3 Å². The van der Waals surface area contributed by atoms with Gasteiger partial charge in [-0.2, -0.15) is 4.37 Å². The van der Waals surface area contributed by atoms with Gasteiger partial charge in [-0.3, -0.25) is 0 Å². The quantitative estimate of drug-likeness (QED) is 0.756. The van der Waals surface area contributed by atoms with Gasteiger partial charge in [0.15, 0.2) is 0 Å². The number of ether oxygens (including phenoxy) is 1. The van der Waals surface area contributed by atoms with Crippen LogP contribution < -0.4 is 4.74 Å². The fraction of sp³-hybridized carbons (Fsp3) is 0.714. The highest BCUT2D eigenvalue weighted by Crippen LogP contribution is 2.32. The van der Waals surface area contributed by atoms with E-state index >= 15 is 0 Å². The minimum absolute atomic E-state index is 0.385. The third-order valence-corrected chi connectivity index (χ3v) is 2.74. The summed E-state index contributed by atoms with van der Waals surface area (Å²) in [5, 5.41) is 0.385. The average Bonchev–Trinajstić information content (AvgIpc) is 2.78. The van der Waals surface area contributed by atoms with Crippen molar-refractivity contribution in [2.75, 3.05) is 6.61 Å². The smallest absolute Gasteiger partial charge is 0.265 e. The predicted octanol–water partition coefficient (Wildman–Crippen LogP) is 2.37. The SMILES string of the molecule is Clc1nsnc1OCCC1CC1. The molecule has 0 spiro atoms. The van der Waals surface area contributed by atoms with Gasteiger partial charge in [-0.15, -0.1) is 4.37 Å². The van der Waals surface area contributed by atoms with Crippen LogP contribution in [0.5, 0.6) is 5.88 Å². The van der Waals surface area contributed by atoms with E-state index in [1.807, 2.05) is 0 Å². The monoisotopic (exact) mass is 204 g/mol. The zero-order chi connectivity index (χ0) is 8.39. The van der Waals surface area contributed by atoms with E-state index in [0.29, 0.717) is 11.0 Å². The Balaban J connectivity index is 1.75. The molecule has 0 N–H and O–H groups in total. The number of nitrogens with zero attached hydrogens (tertiary/aromatic N) is 2. The molecule has 0 amide bonds. The molecule has 12 heavy (non-hydrogen) atoms. The van der Waals surface area contributed by atoms with Gasteiger partial charge in [0.1, 0.15) is 0 Å². The molecule has 66 valence electrons. The van der Waals surface area contributed by atoms with Crippen molar-refractivity contribution in [3.8, 4) is 5.88 Å². The van der Waals surface area contributed by atoms with Crippen LogP contribution in [0, 0.1) is 5.92 Å². The lowest BCUT2D eigenvalue weighted by atomic mass is 10.3. The van der Waals surface area contributed by atoms with Crippen LogP contribution in [0.15, 0.2) is 0 Å². The van der Waals surface area contributed by atoms with Crippen LogP contribution in [0.25, 0.3) is 0 Å². The molecule has 1 aliphatic carbocycles. The van der Waals surface area contributed by atoms with Gasteiger partial charge in [-0.05, 0) is 12.3 Å². The molecular weight excluding hydrogens is 196 g/mol. The van der Waals surface area contributed by atoms with Crippen molar-refractivity contribution in [2.45, 2.75) is 19.3 Å². The van der Waals surface area contributed by atoms with Crippen LogP contribution in [0.3, 0.4) is 0 Å². The maximum absolute atomic E-state index is 5.68. The van der Waals surface area contributed by atoms with Gasteiger partial charge >= 0.3 is 0 Å². The highest BCUT2D eigenvalue weighted by Gasteiger charge is 2.21. The van der Waals surface area contributed by atoms with Gasteiger partial charge < -0.3 is 4.74 Å². The average molecular weight is 205 g/mol. The molecule has 0 radical (unpaired) electrons. The lowest BCUT2D eigenvalue weighted by Crippen LogP contribution is -1.98. The summed E-state index contributed by atoms with van der Waals surface area (Å²) in [5.74, 6) is 1.37. The Bertz CT molecular complexity index is 262. The van der Waals surface area contributed by atoms with Crippen LogP contribution in [0.4, 0.5) is 0 Å². The minimum atomic E-state index is 0.385. The number of hydrogen-bond acceptors (Lipinski definition) is 4. The van der Waals surface area contributed by atoms with Crippen LogP contribution in [0.2, 0.25) is 5.15 Å². The Kier molecular flexibility index (Phi) is 2.46. The highest BCUT2D eigenvalue weighted by atomic mass is 35.5. The topological polar surface area (TPSA) is 35.0 Å². The first-order chi connectivity index (χ1) is 5.86. The van der Waals surface area contributed by atoms with Crippen LogP contribution in [0.1, 0.15) is 19.3 Å². The summed E-state index contributed by atoms with van der Waals surface area (Å²) < 4.78 is 13.0. The molecule has 2 rings (SSSR count). The summed E-state index contributed by atoms with van der Waals surface area (Å²) in [5.41, 5.74) is 0. The number of halogens is 1. The second kappa shape index (κ2) is 3.58.